The van der Waals surface area contributed by atoms with E-state index in [9.17, 15) is 0 Å². The summed E-state index contributed by atoms with van der Waals surface area (Å²) in [7, 11) is 2.21. The van der Waals surface area contributed by atoms with E-state index in [1.165, 1.54) is 25.7 Å². The molecule has 11 heteroatoms. The Morgan fingerprint density at radius 1 is 1.06 bits per heavy atom. The standard InChI is InChI=1S/C22H30Cl2N6O3/c1-21(2)32-15-13(11-29-8-4-5-22(29)6-9-28(3)10-7-22)31-19(16(15)33-21)30-12-25-14-17(23)26-20(24)27-18(14)30/h12-13,15-16,19H,4-11H2,1-3H3/t13-,15-,16-,19-/m1/s1. The highest BCUT2D eigenvalue weighted by atomic mass is 35.5. The second-order valence-electron chi connectivity index (χ2n) is 10.3. The van der Waals surface area contributed by atoms with Gasteiger partial charge in [0.15, 0.2) is 22.8 Å². The number of imidazole rings is 1. The molecule has 4 aliphatic heterocycles. The van der Waals surface area contributed by atoms with Crippen molar-refractivity contribution in [3.8, 4) is 0 Å². The molecular formula is C22H30Cl2N6O3. The fraction of sp³-hybridized carbons (Fsp3) is 0.773. The maximum Gasteiger partial charge on any atom is 0.225 e. The van der Waals surface area contributed by atoms with Crippen LogP contribution >= 0.6 is 23.2 Å². The summed E-state index contributed by atoms with van der Waals surface area (Å²) in [6, 6.07) is 0. The molecule has 0 aliphatic carbocycles. The number of likely N-dealkylation sites (tertiary alicyclic amines) is 2. The van der Waals surface area contributed by atoms with Crippen LogP contribution in [-0.4, -0.2) is 92.2 Å². The van der Waals surface area contributed by atoms with Crippen LogP contribution in [0, 0.1) is 0 Å². The number of ether oxygens (including phenoxy) is 3. The Labute approximate surface area is 203 Å². The molecule has 0 unspecified atom stereocenters. The summed E-state index contributed by atoms with van der Waals surface area (Å²) in [5.74, 6) is -0.688. The first-order chi connectivity index (χ1) is 15.7. The van der Waals surface area contributed by atoms with Gasteiger partial charge in [-0.25, -0.2) is 9.97 Å². The number of hydrogen-bond acceptors (Lipinski definition) is 8. The molecule has 0 amide bonds. The molecule has 4 aliphatic rings. The Hall–Kier alpha value is -1.07. The van der Waals surface area contributed by atoms with Crippen LogP contribution in [0.25, 0.3) is 11.2 Å². The molecule has 0 saturated carbocycles. The molecule has 33 heavy (non-hydrogen) atoms. The smallest absolute Gasteiger partial charge is 0.225 e. The van der Waals surface area contributed by atoms with Gasteiger partial charge in [-0.05, 0) is 77.8 Å². The van der Waals surface area contributed by atoms with Crippen molar-refractivity contribution in [1.82, 2.24) is 29.3 Å². The second kappa shape index (κ2) is 7.98. The van der Waals surface area contributed by atoms with E-state index in [1.54, 1.807) is 6.33 Å². The maximum absolute atomic E-state index is 6.65. The highest BCUT2D eigenvalue weighted by Crippen LogP contribution is 2.46. The lowest BCUT2D eigenvalue weighted by molar-refractivity contribution is -0.199. The van der Waals surface area contributed by atoms with Crippen LogP contribution in [0.3, 0.4) is 0 Å². The van der Waals surface area contributed by atoms with Crippen LogP contribution in [0.15, 0.2) is 6.33 Å². The van der Waals surface area contributed by atoms with Crippen molar-refractivity contribution in [3.63, 3.8) is 0 Å². The molecule has 2 aromatic rings. The highest BCUT2D eigenvalue weighted by molar-refractivity contribution is 6.35. The zero-order chi connectivity index (χ0) is 23.0. The number of piperidine rings is 1. The Morgan fingerprint density at radius 3 is 2.61 bits per heavy atom. The highest BCUT2D eigenvalue weighted by Gasteiger charge is 2.57. The lowest BCUT2D eigenvalue weighted by Crippen LogP contribution is -2.54. The van der Waals surface area contributed by atoms with Gasteiger partial charge in [-0.1, -0.05) is 11.6 Å². The predicted octanol–water partition coefficient (Wildman–Crippen LogP) is 3.11. The third kappa shape index (κ3) is 3.76. The van der Waals surface area contributed by atoms with E-state index in [-0.39, 0.29) is 34.3 Å². The SMILES string of the molecule is CN1CCC2(CCCN2C[C@H]2O[C@@H](n3cnc4c(Cl)nc(Cl)nc43)[C@@H]3OC(C)(C)O[C@@H]32)CC1. The lowest BCUT2D eigenvalue weighted by Gasteiger charge is -2.45. The third-order valence-electron chi connectivity index (χ3n) is 7.81. The average Bonchev–Trinajstić information content (AvgIpc) is 3.48. The molecule has 4 atom stereocenters. The average molecular weight is 497 g/mol. The summed E-state index contributed by atoms with van der Waals surface area (Å²) in [6.07, 6.45) is 5.55. The number of halogens is 2. The van der Waals surface area contributed by atoms with E-state index in [1.807, 2.05) is 18.4 Å². The number of fused-ring (bicyclic) bond motifs is 2. The van der Waals surface area contributed by atoms with Gasteiger partial charge in [0.1, 0.15) is 23.8 Å². The van der Waals surface area contributed by atoms with E-state index in [0.717, 1.165) is 26.2 Å². The van der Waals surface area contributed by atoms with Crippen LogP contribution in [0.5, 0.6) is 0 Å². The molecule has 180 valence electrons. The normalized spacial score (nSPS) is 34.0. The molecular weight excluding hydrogens is 467 g/mol. The van der Waals surface area contributed by atoms with Gasteiger partial charge in [0, 0.05) is 12.1 Å². The van der Waals surface area contributed by atoms with Gasteiger partial charge in [-0.15, -0.1) is 0 Å². The van der Waals surface area contributed by atoms with Crippen LogP contribution < -0.4 is 0 Å². The number of hydrogen-bond donors (Lipinski definition) is 0. The van der Waals surface area contributed by atoms with Crippen LogP contribution in [0.1, 0.15) is 45.8 Å². The number of rotatable bonds is 3. The van der Waals surface area contributed by atoms with Crippen molar-refractivity contribution < 1.29 is 14.2 Å². The Balaban J connectivity index is 1.30. The Morgan fingerprint density at radius 2 is 1.82 bits per heavy atom. The zero-order valence-electron chi connectivity index (χ0n) is 19.2. The zero-order valence-corrected chi connectivity index (χ0v) is 20.7. The van der Waals surface area contributed by atoms with Crippen molar-refractivity contribution in [2.24, 2.45) is 0 Å². The largest absolute Gasteiger partial charge is 0.348 e. The van der Waals surface area contributed by atoms with Gasteiger partial charge in [-0.3, -0.25) is 9.47 Å². The summed E-state index contributed by atoms with van der Waals surface area (Å²) in [6.45, 7) is 8.12. The summed E-state index contributed by atoms with van der Waals surface area (Å²) in [4.78, 5) is 17.9. The molecule has 0 bridgehead atoms. The van der Waals surface area contributed by atoms with Crippen LogP contribution in [0.4, 0.5) is 0 Å². The minimum Gasteiger partial charge on any atom is -0.348 e. The van der Waals surface area contributed by atoms with Crippen molar-refractivity contribution >= 4 is 34.4 Å². The van der Waals surface area contributed by atoms with E-state index < -0.39 is 12.0 Å². The molecule has 6 heterocycles. The molecule has 0 radical (unpaired) electrons. The lowest BCUT2D eigenvalue weighted by atomic mass is 9.85. The first kappa shape index (κ1) is 22.4. The minimum absolute atomic E-state index is 0.0746. The Kier molecular flexibility index (Phi) is 5.42. The fourth-order valence-corrected chi connectivity index (χ4v) is 6.59. The summed E-state index contributed by atoms with van der Waals surface area (Å²) in [5.41, 5.74) is 1.30. The molecule has 9 nitrogen and oxygen atoms in total. The monoisotopic (exact) mass is 496 g/mol. The molecule has 4 fully saturated rings. The van der Waals surface area contributed by atoms with Crippen molar-refractivity contribution in [1.29, 1.82) is 0 Å². The van der Waals surface area contributed by atoms with Gasteiger partial charge >= 0.3 is 0 Å². The first-order valence-electron chi connectivity index (χ1n) is 11.7. The first-order valence-corrected chi connectivity index (χ1v) is 12.5. The second-order valence-corrected chi connectivity index (χ2v) is 11.0. The van der Waals surface area contributed by atoms with Gasteiger partial charge < -0.3 is 19.1 Å². The summed E-state index contributed by atoms with van der Waals surface area (Å²) in [5, 5.41) is 0.297. The molecule has 4 saturated heterocycles. The summed E-state index contributed by atoms with van der Waals surface area (Å²) >= 11 is 12.4. The summed E-state index contributed by atoms with van der Waals surface area (Å²) < 4.78 is 21.2. The van der Waals surface area contributed by atoms with Crippen molar-refractivity contribution in [3.05, 3.63) is 16.8 Å². The minimum atomic E-state index is -0.688. The van der Waals surface area contributed by atoms with Crippen LogP contribution in [-0.2, 0) is 14.2 Å². The molecule has 2 aromatic heterocycles. The van der Waals surface area contributed by atoms with Crippen molar-refractivity contribution in [2.45, 2.75) is 75.4 Å². The maximum atomic E-state index is 6.65. The van der Waals surface area contributed by atoms with E-state index in [2.05, 4.69) is 31.8 Å². The van der Waals surface area contributed by atoms with E-state index >= 15 is 0 Å². The topological polar surface area (TPSA) is 77.8 Å². The number of aromatic nitrogens is 4. The van der Waals surface area contributed by atoms with E-state index in [4.69, 9.17) is 37.4 Å². The fourth-order valence-electron chi connectivity index (χ4n) is 6.17. The quantitative estimate of drug-likeness (QED) is 0.473. The van der Waals surface area contributed by atoms with Gasteiger partial charge in [0.25, 0.3) is 0 Å². The Bertz CT molecular complexity index is 1060. The van der Waals surface area contributed by atoms with E-state index in [0.29, 0.717) is 11.2 Å². The predicted molar refractivity (Wildman–Crippen MR) is 123 cm³/mol. The molecule has 0 N–H and O–H groups in total. The van der Waals surface area contributed by atoms with Gasteiger partial charge in [0.05, 0.1) is 6.33 Å². The van der Waals surface area contributed by atoms with Crippen LogP contribution in [0.2, 0.25) is 10.4 Å². The van der Waals surface area contributed by atoms with Gasteiger partial charge in [-0.2, -0.15) is 4.98 Å². The number of nitrogens with zero attached hydrogens (tertiary/aromatic N) is 6. The third-order valence-corrected chi connectivity index (χ3v) is 8.24. The molecule has 6 rings (SSSR count). The molecule has 0 aromatic carbocycles. The van der Waals surface area contributed by atoms with Crippen molar-refractivity contribution in [2.75, 3.05) is 33.2 Å². The van der Waals surface area contributed by atoms with Gasteiger partial charge in [0.2, 0.25) is 5.28 Å². The molecule has 1 spiro atoms.